The van der Waals surface area contributed by atoms with Gasteiger partial charge in [0.05, 0.1) is 22.8 Å². The summed E-state index contributed by atoms with van der Waals surface area (Å²) in [5, 5.41) is 3.17. The summed E-state index contributed by atoms with van der Waals surface area (Å²) in [6.45, 7) is 4.16. The molecule has 0 bridgehead atoms. The van der Waals surface area contributed by atoms with Crippen molar-refractivity contribution in [1.82, 2.24) is 10.4 Å². The summed E-state index contributed by atoms with van der Waals surface area (Å²) in [4.78, 5) is 4.44. The van der Waals surface area contributed by atoms with E-state index in [1.54, 1.807) is 18.4 Å². The highest BCUT2D eigenvalue weighted by Gasteiger charge is 2.20. The molecule has 0 radical (unpaired) electrons. The molecule has 0 spiro atoms. The minimum absolute atomic E-state index is 0.131. The second-order valence-corrected chi connectivity index (χ2v) is 4.96. The summed E-state index contributed by atoms with van der Waals surface area (Å²) < 4.78 is 5.46. The van der Waals surface area contributed by atoms with Gasteiger partial charge in [0.25, 0.3) is 0 Å². The van der Waals surface area contributed by atoms with Gasteiger partial charge in [0, 0.05) is 18.9 Å². The third-order valence-corrected chi connectivity index (χ3v) is 3.46. The third kappa shape index (κ3) is 3.83. The zero-order valence-electron chi connectivity index (χ0n) is 10.2. The average molecular weight is 243 g/mol. The Morgan fingerprint density at radius 2 is 2.38 bits per heavy atom. The van der Waals surface area contributed by atoms with Gasteiger partial charge < -0.3 is 4.74 Å². The van der Waals surface area contributed by atoms with Crippen molar-refractivity contribution in [3.8, 4) is 0 Å². The Labute approximate surface area is 101 Å². The van der Waals surface area contributed by atoms with Gasteiger partial charge in [-0.25, -0.2) is 4.98 Å². The summed E-state index contributed by atoms with van der Waals surface area (Å²) in [6, 6.07) is 0.131. The summed E-state index contributed by atoms with van der Waals surface area (Å²) in [7, 11) is 1.73. The van der Waals surface area contributed by atoms with Crippen LogP contribution in [0.25, 0.3) is 0 Å². The van der Waals surface area contributed by atoms with Crippen LogP contribution in [0.5, 0.6) is 0 Å². The van der Waals surface area contributed by atoms with Gasteiger partial charge in [-0.05, 0) is 13.3 Å². The van der Waals surface area contributed by atoms with E-state index in [2.05, 4.69) is 22.7 Å². The van der Waals surface area contributed by atoms with E-state index in [-0.39, 0.29) is 12.1 Å². The van der Waals surface area contributed by atoms with Crippen LogP contribution < -0.4 is 11.3 Å². The summed E-state index contributed by atoms with van der Waals surface area (Å²) in [5.41, 5.74) is 3.92. The van der Waals surface area contributed by atoms with Crippen LogP contribution in [0.4, 0.5) is 0 Å². The molecule has 0 fully saturated rings. The number of nitrogens with one attached hydrogen (secondary N) is 1. The number of nitrogens with two attached hydrogens (primary N) is 1. The number of nitrogens with zero attached hydrogens (tertiary/aromatic N) is 1. The number of aromatic nitrogens is 1. The third-order valence-electron chi connectivity index (χ3n) is 2.63. The summed E-state index contributed by atoms with van der Waals surface area (Å²) in [5.74, 6) is 5.58. The SMILES string of the molecule is CCCC(OC)C(Cc1csc(C)n1)NN. The van der Waals surface area contributed by atoms with Gasteiger partial charge in [-0.15, -0.1) is 11.3 Å². The summed E-state index contributed by atoms with van der Waals surface area (Å²) >= 11 is 1.67. The zero-order valence-corrected chi connectivity index (χ0v) is 11.0. The second-order valence-electron chi connectivity index (χ2n) is 3.90. The van der Waals surface area contributed by atoms with Gasteiger partial charge in [-0.1, -0.05) is 13.3 Å². The van der Waals surface area contributed by atoms with Crippen molar-refractivity contribution in [2.45, 2.75) is 45.3 Å². The first kappa shape index (κ1) is 13.6. The van der Waals surface area contributed by atoms with Crippen LogP contribution in [0.1, 0.15) is 30.5 Å². The van der Waals surface area contributed by atoms with Crippen LogP contribution in [-0.2, 0) is 11.2 Å². The second kappa shape index (κ2) is 6.96. The molecule has 5 heteroatoms. The van der Waals surface area contributed by atoms with Crippen LogP contribution in [-0.4, -0.2) is 24.2 Å². The van der Waals surface area contributed by atoms with Crippen LogP contribution in [0.2, 0.25) is 0 Å². The van der Waals surface area contributed by atoms with E-state index in [0.29, 0.717) is 0 Å². The van der Waals surface area contributed by atoms with E-state index in [1.807, 2.05) is 6.92 Å². The molecule has 4 nitrogen and oxygen atoms in total. The number of hydrogen-bond acceptors (Lipinski definition) is 5. The molecule has 3 N–H and O–H groups in total. The van der Waals surface area contributed by atoms with Crippen molar-refractivity contribution in [1.29, 1.82) is 0 Å². The van der Waals surface area contributed by atoms with Crippen molar-refractivity contribution < 1.29 is 4.74 Å². The van der Waals surface area contributed by atoms with E-state index < -0.39 is 0 Å². The highest BCUT2D eigenvalue weighted by molar-refractivity contribution is 7.09. The molecule has 0 aromatic carbocycles. The maximum atomic E-state index is 5.58. The molecular formula is C11H21N3OS. The number of methoxy groups -OCH3 is 1. The van der Waals surface area contributed by atoms with Gasteiger partial charge in [-0.3, -0.25) is 11.3 Å². The maximum Gasteiger partial charge on any atom is 0.0897 e. The van der Waals surface area contributed by atoms with Gasteiger partial charge in [0.15, 0.2) is 0 Å². The van der Waals surface area contributed by atoms with Crippen LogP contribution in [0.3, 0.4) is 0 Å². The lowest BCUT2D eigenvalue weighted by molar-refractivity contribution is 0.0606. The molecule has 0 amide bonds. The Hall–Kier alpha value is -0.490. The quantitative estimate of drug-likeness (QED) is 0.564. The summed E-state index contributed by atoms with van der Waals surface area (Å²) in [6.07, 6.45) is 3.07. The average Bonchev–Trinajstić information content (AvgIpc) is 2.69. The lowest BCUT2D eigenvalue weighted by Gasteiger charge is -2.24. The van der Waals surface area contributed by atoms with Crippen LogP contribution in [0.15, 0.2) is 5.38 Å². The molecule has 1 aromatic heterocycles. The molecule has 0 aliphatic rings. The van der Waals surface area contributed by atoms with E-state index in [0.717, 1.165) is 30.0 Å². The minimum Gasteiger partial charge on any atom is -0.380 e. The smallest absolute Gasteiger partial charge is 0.0897 e. The van der Waals surface area contributed by atoms with E-state index in [9.17, 15) is 0 Å². The standard InChI is InChI=1S/C11H21N3OS/c1-4-5-11(15-3)10(14-12)6-9-7-16-8(2)13-9/h7,10-11,14H,4-6,12H2,1-3H3. The molecule has 0 saturated heterocycles. The number of hydrogen-bond donors (Lipinski definition) is 2. The van der Waals surface area contributed by atoms with Gasteiger partial charge in [0.2, 0.25) is 0 Å². The predicted octanol–water partition coefficient (Wildman–Crippen LogP) is 1.64. The molecule has 1 heterocycles. The number of thiazole rings is 1. The Kier molecular flexibility index (Phi) is 5.90. The monoisotopic (exact) mass is 243 g/mol. The molecule has 0 aliphatic heterocycles. The normalized spacial score (nSPS) is 15.0. The fourth-order valence-corrected chi connectivity index (χ4v) is 2.42. The Bertz CT molecular complexity index is 303. The molecule has 16 heavy (non-hydrogen) atoms. The van der Waals surface area contributed by atoms with E-state index in [4.69, 9.17) is 10.6 Å². The zero-order chi connectivity index (χ0) is 12.0. The fraction of sp³-hybridized carbons (Fsp3) is 0.727. The molecule has 1 aromatic rings. The van der Waals surface area contributed by atoms with Crippen LogP contribution >= 0.6 is 11.3 Å². The fourth-order valence-electron chi connectivity index (χ4n) is 1.79. The van der Waals surface area contributed by atoms with Crippen molar-refractivity contribution in [2.24, 2.45) is 5.84 Å². The van der Waals surface area contributed by atoms with E-state index >= 15 is 0 Å². The minimum atomic E-state index is 0.131. The molecular weight excluding hydrogens is 222 g/mol. The van der Waals surface area contributed by atoms with Gasteiger partial charge in [0.1, 0.15) is 0 Å². The van der Waals surface area contributed by atoms with E-state index in [1.165, 1.54) is 0 Å². The first-order chi connectivity index (χ1) is 7.71. The van der Waals surface area contributed by atoms with Crippen molar-refractivity contribution in [3.05, 3.63) is 16.1 Å². The molecule has 1 rings (SSSR count). The topological polar surface area (TPSA) is 60.2 Å². The molecule has 2 unspecified atom stereocenters. The van der Waals surface area contributed by atoms with Gasteiger partial charge >= 0.3 is 0 Å². The Morgan fingerprint density at radius 1 is 1.62 bits per heavy atom. The molecule has 0 saturated carbocycles. The molecule has 2 atom stereocenters. The largest absolute Gasteiger partial charge is 0.380 e. The number of rotatable bonds is 7. The van der Waals surface area contributed by atoms with Crippen molar-refractivity contribution in [3.63, 3.8) is 0 Å². The molecule has 0 aliphatic carbocycles. The number of ether oxygens (including phenoxy) is 1. The van der Waals surface area contributed by atoms with Crippen LogP contribution in [0, 0.1) is 6.92 Å². The van der Waals surface area contributed by atoms with Gasteiger partial charge in [-0.2, -0.15) is 0 Å². The predicted molar refractivity (Wildman–Crippen MR) is 67.4 cm³/mol. The lowest BCUT2D eigenvalue weighted by atomic mass is 10.0. The lowest BCUT2D eigenvalue weighted by Crippen LogP contribution is -2.46. The Balaban J connectivity index is 2.59. The highest BCUT2D eigenvalue weighted by atomic mass is 32.1. The maximum absolute atomic E-state index is 5.58. The Morgan fingerprint density at radius 3 is 2.81 bits per heavy atom. The molecule has 92 valence electrons. The highest BCUT2D eigenvalue weighted by Crippen LogP contribution is 2.14. The first-order valence-corrected chi connectivity index (χ1v) is 6.49. The van der Waals surface area contributed by atoms with Crippen molar-refractivity contribution in [2.75, 3.05) is 7.11 Å². The van der Waals surface area contributed by atoms with Crippen molar-refractivity contribution >= 4 is 11.3 Å². The first-order valence-electron chi connectivity index (χ1n) is 5.61. The number of hydrazine groups is 1. The number of aryl methyl sites for hydroxylation is 1.